The summed E-state index contributed by atoms with van der Waals surface area (Å²) in [5.41, 5.74) is 2.25. The van der Waals surface area contributed by atoms with Crippen LogP contribution in [0, 0.1) is 5.92 Å². The third kappa shape index (κ3) is 3.93. The molecule has 2 aromatic rings. The van der Waals surface area contributed by atoms with Gasteiger partial charge in [0.05, 0.1) is 20.2 Å². The predicted octanol–water partition coefficient (Wildman–Crippen LogP) is 4.36. The van der Waals surface area contributed by atoms with Crippen molar-refractivity contribution in [3.63, 3.8) is 0 Å². The SMILES string of the molecule is COc1ccc2c(c1)CCCN2C(=O)CN(Cc1ccc(C2CC2C)o1)C1CC1. The zero-order chi connectivity index (χ0) is 20.0. The van der Waals surface area contributed by atoms with E-state index >= 15 is 0 Å². The molecule has 1 aliphatic heterocycles. The van der Waals surface area contributed by atoms with Gasteiger partial charge in [-0.15, -0.1) is 0 Å². The van der Waals surface area contributed by atoms with Crippen LogP contribution in [0.15, 0.2) is 34.7 Å². The van der Waals surface area contributed by atoms with Gasteiger partial charge in [0.2, 0.25) is 5.91 Å². The number of hydrogen-bond donors (Lipinski definition) is 0. The first-order valence-corrected chi connectivity index (χ1v) is 10.9. The number of rotatable bonds is 7. The minimum Gasteiger partial charge on any atom is -0.497 e. The van der Waals surface area contributed by atoms with Crippen molar-refractivity contribution in [2.45, 2.75) is 57.5 Å². The molecule has 2 saturated carbocycles. The van der Waals surface area contributed by atoms with Crippen LogP contribution in [0.1, 0.15) is 55.6 Å². The lowest BCUT2D eigenvalue weighted by Gasteiger charge is -2.32. The lowest BCUT2D eigenvalue weighted by Crippen LogP contribution is -2.43. The largest absolute Gasteiger partial charge is 0.497 e. The first kappa shape index (κ1) is 18.7. The summed E-state index contributed by atoms with van der Waals surface area (Å²) < 4.78 is 11.5. The van der Waals surface area contributed by atoms with Crippen molar-refractivity contribution in [2.75, 3.05) is 25.1 Å². The molecule has 0 spiro atoms. The molecule has 0 bridgehead atoms. The molecule has 1 aromatic heterocycles. The fourth-order valence-electron chi connectivity index (χ4n) is 4.57. The molecular weight excluding hydrogens is 364 g/mol. The van der Waals surface area contributed by atoms with Crippen molar-refractivity contribution < 1.29 is 13.9 Å². The molecule has 5 nitrogen and oxygen atoms in total. The van der Waals surface area contributed by atoms with Crippen LogP contribution < -0.4 is 9.64 Å². The molecule has 5 heteroatoms. The fraction of sp³-hybridized carbons (Fsp3) is 0.542. The lowest BCUT2D eigenvalue weighted by atomic mass is 10.0. The van der Waals surface area contributed by atoms with Crippen LogP contribution in [-0.2, 0) is 17.8 Å². The normalized spacial score (nSPS) is 23.2. The van der Waals surface area contributed by atoms with Gasteiger partial charge in [-0.25, -0.2) is 0 Å². The Labute approximate surface area is 172 Å². The quantitative estimate of drug-likeness (QED) is 0.700. The molecule has 1 aromatic carbocycles. The Balaban J connectivity index is 1.28. The summed E-state index contributed by atoms with van der Waals surface area (Å²) in [5, 5.41) is 0. The number of furan rings is 1. The molecule has 2 atom stereocenters. The Morgan fingerprint density at radius 3 is 2.83 bits per heavy atom. The molecule has 5 rings (SSSR count). The summed E-state index contributed by atoms with van der Waals surface area (Å²) in [6.45, 7) is 4.24. The van der Waals surface area contributed by atoms with E-state index < -0.39 is 0 Å². The van der Waals surface area contributed by atoms with Crippen LogP contribution in [0.2, 0.25) is 0 Å². The second-order valence-electron chi connectivity index (χ2n) is 8.90. The Morgan fingerprint density at radius 2 is 2.10 bits per heavy atom. The van der Waals surface area contributed by atoms with E-state index in [1.165, 1.54) is 24.8 Å². The minimum atomic E-state index is 0.186. The van der Waals surface area contributed by atoms with Crippen LogP contribution in [0.5, 0.6) is 5.75 Å². The maximum absolute atomic E-state index is 13.2. The van der Waals surface area contributed by atoms with E-state index in [4.69, 9.17) is 9.15 Å². The van der Waals surface area contributed by atoms with Gasteiger partial charge in [0.1, 0.15) is 17.3 Å². The predicted molar refractivity (Wildman–Crippen MR) is 112 cm³/mol. The van der Waals surface area contributed by atoms with Crippen LogP contribution >= 0.6 is 0 Å². The highest BCUT2D eigenvalue weighted by Crippen LogP contribution is 2.47. The standard InChI is InChI=1S/C24H30N2O3/c1-16-12-21(16)23-10-8-20(29-23)14-25(18-5-6-18)15-24(27)26-11-3-4-17-13-19(28-2)7-9-22(17)26/h7-10,13,16,18,21H,3-6,11-12,14-15H2,1-2H3. The lowest BCUT2D eigenvalue weighted by molar-refractivity contribution is -0.120. The maximum atomic E-state index is 13.2. The van der Waals surface area contributed by atoms with Gasteiger partial charge in [0.25, 0.3) is 0 Å². The molecule has 0 N–H and O–H groups in total. The van der Waals surface area contributed by atoms with Crippen molar-refractivity contribution in [2.24, 2.45) is 5.92 Å². The van der Waals surface area contributed by atoms with E-state index in [-0.39, 0.29) is 5.91 Å². The molecule has 29 heavy (non-hydrogen) atoms. The number of aryl methyl sites for hydroxylation is 1. The zero-order valence-corrected chi connectivity index (χ0v) is 17.4. The third-order valence-electron chi connectivity index (χ3n) is 6.62. The number of carbonyl (C=O) groups excluding carboxylic acids is 1. The zero-order valence-electron chi connectivity index (χ0n) is 17.4. The number of methoxy groups -OCH3 is 1. The Kier molecular flexibility index (Phi) is 4.86. The molecule has 2 unspecified atom stereocenters. The van der Waals surface area contributed by atoms with Crippen molar-refractivity contribution in [3.8, 4) is 5.75 Å². The summed E-state index contributed by atoms with van der Waals surface area (Å²) in [6.07, 6.45) is 5.58. The van der Waals surface area contributed by atoms with Crippen molar-refractivity contribution >= 4 is 11.6 Å². The van der Waals surface area contributed by atoms with Crippen molar-refractivity contribution in [1.82, 2.24) is 4.90 Å². The van der Waals surface area contributed by atoms with Crippen LogP contribution in [-0.4, -0.2) is 37.0 Å². The highest BCUT2D eigenvalue weighted by molar-refractivity contribution is 5.96. The molecule has 0 saturated heterocycles. The fourth-order valence-corrected chi connectivity index (χ4v) is 4.57. The Morgan fingerprint density at radius 1 is 1.28 bits per heavy atom. The van der Waals surface area contributed by atoms with Gasteiger partial charge in [-0.1, -0.05) is 6.92 Å². The summed E-state index contributed by atoms with van der Waals surface area (Å²) in [6, 6.07) is 10.8. The van der Waals surface area contributed by atoms with E-state index in [9.17, 15) is 4.79 Å². The molecule has 154 valence electrons. The topological polar surface area (TPSA) is 45.9 Å². The Bertz CT molecular complexity index is 901. The summed E-state index contributed by atoms with van der Waals surface area (Å²) >= 11 is 0. The summed E-state index contributed by atoms with van der Waals surface area (Å²) in [4.78, 5) is 17.5. The van der Waals surface area contributed by atoms with Crippen LogP contribution in [0.4, 0.5) is 5.69 Å². The molecule has 2 heterocycles. The van der Waals surface area contributed by atoms with Gasteiger partial charge >= 0.3 is 0 Å². The highest BCUT2D eigenvalue weighted by Gasteiger charge is 2.37. The van der Waals surface area contributed by atoms with Gasteiger partial charge < -0.3 is 14.1 Å². The number of carbonyl (C=O) groups is 1. The van der Waals surface area contributed by atoms with E-state index in [1.54, 1.807) is 7.11 Å². The van der Waals surface area contributed by atoms with Crippen LogP contribution in [0.3, 0.4) is 0 Å². The number of benzene rings is 1. The highest BCUT2D eigenvalue weighted by atomic mass is 16.5. The monoisotopic (exact) mass is 394 g/mol. The van der Waals surface area contributed by atoms with Crippen molar-refractivity contribution in [3.05, 3.63) is 47.4 Å². The van der Waals surface area contributed by atoms with E-state index in [0.717, 1.165) is 54.8 Å². The first-order chi connectivity index (χ1) is 14.1. The second-order valence-corrected chi connectivity index (χ2v) is 8.90. The average Bonchev–Trinajstić information content (AvgIpc) is 3.66. The molecule has 2 aliphatic carbocycles. The van der Waals surface area contributed by atoms with Gasteiger partial charge in [0.15, 0.2) is 0 Å². The number of fused-ring (bicyclic) bond motifs is 1. The summed E-state index contributed by atoms with van der Waals surface area (Å²) in [7, 11) is 1.69. The smallest absolute Gasteiger partial charge is 0.241 e. The number of ether oxygens (including phenoxy) is 1. The average molecular weight is 395 g/mol. The minimum absolute atomic E-state index is 0.186. The van der Waals surface area contributed by atoms with E-state index in [0.29, 0.717) is 18.5 Å². The van der Waals surface area contributed by atoms with Gasteiger partial charge in [-0.3, -0.25) is 9.69 Å². The van der Waals surface area contributed by atoms with Gasteiger partial charge in [-0.2, -0.15) is 0 Å². The first-order valence-electron chi connectivity index (χ1n) is 10.9. The molecule has 2 fully saturated rings. The second kappa shape index (κ2) is 7.52. The Hall–Kier alpha value is -2.27. The van der Waals surface area contributed by atoms with Gasteiger partial charge in [-0.05, 0) is 73.9 Å². The third-order valence-corrected chi connectivity index (χ3v) is 6.62. The number of amides is 1. The number of anilines is 1. The molecule has 3 aliphatic rings. The maximum Gasteiger partial charge on any atom is 0.241 e. The molecule has 1 amide bonds. The van der Waals surface area contributed by atoms with E-state index in [1.807, 2.05) is 17.0 Å². The summed E-state index contributed by atoms with van der Waals surface area (Å²) in [5.74, 6) is 4.49. The number of hydrogen-bond acceptors (Lipinski definition) is 4. The number of nitrogens with zero attached hydrogens (tertiary/aromatic N) is 2. The van der Waals surface area contributed by atoms with E-state index in [2.05, 4.69) is 30.0 Å². The van der Waals surface area contributed by atoms with Crippen molar-refractivity contribution in [1.29, 1.82) is 0 Å². The molecule has 0 radical (unpaired) electrons. The van der Waals surface area contributed by atoms with Gasteiger partial charge in [0, 0.05) is 24.2 Å². The molecular formula is C24H30N2O3. The van der Waals surface area contributed by atoms with Crippen LogP contribution in [0.25, 0.3) is 0 Å².